The number of nitrogens with zero attached hydrogens (tertiary/aromatic N) is 5. The van der Waals surface area contributed by atoms with Gasteiger partial charge in [0.15, 0.2) is 35.2 Å². The van der Waals surface area contributed by atoms with Gasteiger partial charge in [0.1, 0.15) is 0 Å². The Labute approximate surface area is 209 Å². The number of aliphatic hydroxyl groups excluding tert-OH is 1. The van der Waals surface area contributed by atoms with Crippen molar-refractivity contribution in [3.63, 3.8) is 0 Å². The maximum atomic E-state index is 14.8. The van der Waals surface area contributed by atoms with Crippen LogP contribution in [0.2, 0.25) is 0 Å². The minimum absolute atomic E-state index is 0.0720. The first kappa shape index (κ1) is 25.0. The van der Waals surface area contributed by atoms with E-state index in [1.807, 2.05) is 0 Å². The molecule has 38 heavy (non-hydrogen) atoms. The molecular formula is C22H18F3N7O6. The van der Waals surface area contributed by atoms with Crippen LogP contribution in [0.3, 0.4) is 0 Å². The molecule has 5 rings (SSSR count). The van der Waals surface area contributed by atoms with Crippen molar-refractivity contribution >= 4 is 40.1 Å². The summed E-state index contributed by atoms with van der Waals surface area (Å²) < 4.78 is 52.3. The van der Waals surface area contributed by atoms with Gasteiger partial charge in [-0.05, 0) is 18.2 Å². The van der Waals surface area contributed by atoms with Gasteiger partial charge in [-0.2, -0.15) is 8.78 Å². The molecule has 1 saturated heterocycles. The second-order valence-corrected chi connectivity index (χ2v) is 8.15. The zero-order valence-corrected chi connectivity index (χ0v) is 19.1. The van der Waals surface area contributed by atoms with E-state index in [2.05, 4.69) is 15.6 Å². The first-order valence-corrected chi connectivity index (χ1v) is 11.0. The van der Waals surface area contributed by atoms with Gasteiger partial charge in [-0.25, -0.2) is 9.07 Å². The summed E-state index contributed by atoms with van der Waals surface area (Å²) in [7, 11) is 0. The predicted molar refractivity (Wildman–Crippen MR) is 124 cm³/mol. The van der Waals surface area contributed by atoms with Crippen molar-refractivity contribution < 1.29 is 37.1 Å². The molecule has 16 heteroatoms. The molecule has 4 aromatic rings. The Hall–Kier alpha value is -4.70. The predicted octanol–water partition coefficient (Wildman–Crippen LogP) is 1.02. The van der Waals surface area contributed by atoms with E-state index in [0.717, 1.165) is 34.1 Å². The maximum absolute atomic E-state index is 14.8. The number of halogens is 3. The van der Waals surface area contributed by atoms with Crippen LogP contribution in [0.15, 0.2) is 52.0 Å². The normalized spacial score (nSPS) is 16.8. The quantitative estimate of drug-likeness (QED) is 0.327. The highest BCUT2D eigenvalue weighted by atomic mass is 19.3. The van der Waals surface area contributed by atoms with Crippen LogP contribution >= 0.6 is 0 Å². The molecule has 4 N–H and O–H groups in total. The fourth-order valence-electron chi connectivity index (χ4n) is 3.87. The summed E-state index contributed by atoms with van der Waals surface area (Å²) in [6.07, 6.45) is -2.07. The van der Waals surface area contributed by atoms with Crippen LogP contribution in [0, 0.1) is 5.82 Å². The summed E-state index contributed by atoms with van der Waals surface area (Å²) in [4.78, 5) is 38.1. The molecule has 2 unspecified atom stereocenters. The van der Waals surface area contributed by atoms with Crippen LogP contribution in [0.1, 0.15) is 6.55 Å². The van der Waals surface area contributed by atoms with Crippen molar-refractivity contribution in [2.75, 3.05) is 29.1 Å². The highest BCUT2D eigenvalue weighted by Gasteiger charge is 2.41. The monoisotopic (exact) mass is 533 g/mol. The van der Waals surface area contributed by atoms with E-state index in [1.54, 1.807) is 6.07 Å². The Morgan fingerprint density at radius 3 is 2.76 bits per heavy atom. The molecule has 2 atom stereocenters. The average molecular weight is 533 g/mol. The van der Waals surface area contributed by atoms with Crippen molar-refractivity contribution in [3.8, 4) is 5.69 Å². The van der Waals surface area contributed by atoms with Gasteiger partial charge in [0, 0.05) is 24.0 Å². The Morgan fingerprint density at radius 1 is 1.21 bits per heavy atom. The van der Waals surface area contributed by atoms with Crippen LogP contribution in [-0.2, 0) is 14.3 Å². The van der Waals surface area contributed by atoms with Crippen LogP contribution < -0.4 is 21.5 Å². The van der Waals surface area contributed by atoms with E-state index >= 15 is 0 Å². The molecule has 1 aliphatic rings. The van der Waals surface area contributed by atoms with Crippen molar-refractivity contribution in [2.45, 2.75) is 18.8 Å². The van der Waals surface area contributed by atoms with Gasteiger partial charge in [0.05, 0.1) is 30.4 Å². The van der Waals surface area contributed by atoms with Crippen LogP contribution in [0.5, 0.6) is 0 Å². The van der Waals surface area contributed by atoms with Crippen molar-refractivity contribution in [1.82, 2.24) is 19.5 Å². The first-order chi connectivity index (χ1) is 18.1. The molecule has 4 heterocycles. The molecule has 198 valence electrons. The lowest BCUT2D eigenvalue weighted by Gasteiger charge is -2.32. The zero-order valence-electron chi connectivity index (χ0n) is 19.1. The van der Waals surface area contributed by atoms with E-state index in [4.69, 9.17) is 15.0 Å². The number of nitrogens with two attached hydrogens (primary N) is 1. The number of fused-ring (bicyclic) bond motifs is 1. The molecule has 0 saturated carbocycles. The van der Waals surface area contributed by atoms with Gasteiger partial charge >= 0.3 is 6.55 Å². The number of anilines is 3. The smallest absolute Gasteiger partial charge is 0.321 e. The molecule has 0 aliphatic carbocycles. The number of carbonyl (C=O) groups excluding carboxylic acids is 2. The summed E-state index contributed by atoms with van der Waals surface area (Å²) in [6, 6.07) is 6.45. The Bertz CT molecular complexity index is 1600. The summed E-state index contributed by atoms with van der Waals surface area (Å²) in [5, 5.41) is 21.0. The number of hydrogen-bond donors (Lipinski definition) is 3. The van der Waals surface area contributed by atoms with Gasteiger partial charge in [-0.3, -0.25) is 23.9 Å². The molecule has 1 aliphatic heterocycles. The van der Waals surface area contributed by atoms with E-state index in [0.29, 0.717) is 5.39 Å². The minimum Gasteiger partial charge on any atom is -0.380 e. The number of amides is 2. The van der Waals surface area contributed by atoms with Gasteiger partial charge in [0.2, 0.25) is 0 Å². The number of aromatic nitrogens is 4. The van der Waals surface area contributed by atoms with Gasteiger partial charge in [-0.1, -0.05) is 5.16 Å². The third kappa shape index (κ3) is 4.46. The van der Waals surface area contributed by atoms with Crippen molar-refractivity contribution in [1.29, 1.82) is 0 Å². The lowest BCUT2D eigenvalue weighted by atomic mass is 10.1. The van der Waals surface area contributed by atoms with Crippen molar-refractivity contribution in [3.05, 3.63) is 58.9 Å². The van der Waals surface area contributed by atoms with E-state index in [1.165, 1.54) is 12.1 Å². The topological polar surface area (TPSA) is 171 Å². The van der Waals surface area contributed by atoms with Gasteiger partial charge in [-0.15, -0.1) is 5.10 Å². The summed E-state index contributed by atoms with van der Waals surface area (Å²) in [6.45, 7) is -3.48. The summed E-state index contributed by atoms with van der Waals surface area (Å²) in [5.41, 5.74) is 5.10. The Kier molecular flexibility index (Phi) is 6.33. The highest BCUT2D eigenvalue weighted by molar-refractivity contribution is 6.04. The standard InChI is InChI=1S/C22H18F3N7O6/c23-13-9-32(11-2-4-15(33)31(8-11)22(24)25)28-19(13)30-5-6-37-17(21(30)36)16(34)20(35)27-10-1-3-12-14(7-10)38-29-18(12)26/h1-4,7-9,16-17,22,34H,5-6H2,(H2,26,29)(H,27,35). The maximum Gasteiger partial charge on any atom is 0.321 e. The number of pyridine rings is 1. The average Bonchev–Trinajstić information content (AvgIpc) is 3.46. The molecular weight excluding hydrogens is 515 g/mol. The fraction of sp³-hybridized carbons (Fsp3) is 0.227. The summed E-state index contributed by atoms with van der Waals surface area (Å²) in [5.74, 6) is -3.27. The van der Waals surface area contributed by atoms with E-state index < -0.39 is 47.8 Å². The Morgan fingerprint density at radius 2 is 2.00 bits per heavy atom. The Balaban J connectivity index is 1.34. The number of benzene rings is 1. The molecule has 0 radical (unpaired) electrons. The molecule has 3 aromatic heterocycles. The number of alkyl halides is 2. The number of nitrogen functional groups attached to an aromatic ring is 1. The molecule has 0 bridgehead atoms. The number of hydrogen-bond acceptors (Lipinski definition) is 9. The number of carbonyl (C=O) groups is 2. The van der Waals surface area contributed by atoms with Gasteiger partial charge in [0.25, 0.3) is 17.4 Å². The molecule has 1 aromatic carbocycles. The van der Waals surface area contributed by atoms with Crippen molar-refractivity contribution in [2.24, 2.45) is 0 Å². The van der Waals surface area contributed by atoms with Crippen LogP contribution in [-0.4, -0.2) is 61.8 Å². The lowest BCUT2D eigenvalue weighted by molar-refractivity contribution is -0.150. The number of aliphatic hydroxyl groups is 1. The molecule has 2 amide bonds. The second-order valence-electron chi connectivity index (χ2n) is 8.15. The SMILES string of the molecule is Nc1noc2cc(NC(=O)C(O)C3OCCN(c4nn(-c5ccc(=O)n(C(F)F)c5)cc4F)C3=O)ccc12. The summed E-state index contributed by atoms with van der Waals surface area (Å²) >= 11 is 0. The molecule has 0 spiro atoms. The minimum atomic E-state index is -3.13. The second kappa shape index (κ2) is 9.64. The number of ether oxygens (including phenoxy) is 1. The zero-order chi connectivity index (χ0) is 27.1. The molecule has 13 nitrogen and oxygen atoms in total. The molecule has 1 fully saturated rings. The van der Waals surface area contributed by atoms with Gasteiger partial charge < -0.3 is 25.4 Å². The fourth-order valence-corrected chi connectivity index (χ4v) is 3.87. The highest BCUT2D eigenvalue weighted by Crippen LogP contribution is 2.26. The number of nitrogens with one attached hydrogen (secondary N) is 1. The number of morpholine rings is 1. The largest absolute Gasteiger partial charge is 0.380 e. The third-order valence-corrected chi connectivity index (χ3v) is 5.75. The first-order valence-electron chi connectivity index (χ1n) is 11.0. The lowest BCUT2D eigenvalue weighted by Crippen LogP contribution is -2.55. The third-order valence-electron chi connectivity index (χ3n) is 5.75. The number of rotatable bonds is 6. The van der Waals surface area contributed by atoms with Crippen LogP contribution in [0.4, 0.5) is 30.5 Å². The van der Waals surface area contributed by atoms with Crippen LogP contribution in [0.25, 0.3) is 16.7 Å². The van der Waals surface area contributed by atoms with E-state index in [9.17, 15) is 32.7 Å². The van der Waals surface area contributed by atoms with E-state index in [-0.39, 0.29) is 40.5 Å².